The Morgan fingerprint density at radius 3 is 1.42 bits per heavy atom. The molecule has 0 aromatic rings. The van der Waals surface area contributed by atoms with Gasteiger partial charge in [0.1, 0.15) is 12.7 Å². The summed E-state index contributed by atoms with van der Waals surface area (Å²) in [7, 11) is 0. The fraction of sp³-hybridized carbons (Fsp3) is 0.852. The van der Waals surface area contributed by atoms with E-state index in [4.69, 9.17) is 35.4 Å². The van der Waals surface area contributed by atoms with Crippen molar-refractivity contribution in [1.29, 1.82) is 0 Å². The average molecular weight is 551 g/mol. The third kappa shape index (κ3) is 19.1. The van der Waals surface area contributed by atoms with Crippen molar-refractivity contribution < 1.29 is 54.6 Å². The number of Topliss-reactive ketones (excluding diaryl/α,β-unsaturated/α-hetero) is 1. The van der Waals surface area contributed by atoms with Gasteiger partial charge in [-0.25, -0.2) is 9.59 Å². The summed E-state index contributed by atoms with van der Waals surface area (Å²) in [5.41, 5.74) is -3.29. The second-order valence-corrected chi connectivity index (χ2v) is 9.59. The van der Waals surface area contributed by atoms with Gasteiger partial charge in [0.25, 0.3) is 5.60 Å². The second-order valence-electron chi connectivity index (χ2n) is 9.59. The number of carbonyl (C=O) groups excluding carboxylic acids is 2. The Hall–Kier alpha value is -2.08. The van der Waals surface area contributed by atoms with Gasteiger partial charge in [0.05, 0.1) is 6.61 Å². The first-order valence-corrected chi connectivity index (χ1v) is 13.8. The minimum atomic E-state index is -3.29. The number of rotatable bonds is 23. The number of ether oxygens (including phenoxy) is 1. The van der Waals surface area contributed by atoms with Gasteiger partial charge in [-0.15, -0.1) is 0 Å². The number of carbonyl (C=O) groups is 4. The molecule has 0 rings (SSSR count). The molecular formula is C27H50O11. The number of hydrogen-bond donors (Lipinski definition) is 6. The van der Waals surface area contributed by atoms with Crippen LogP contribution in [-0.4, -0.2) is 85.4 Å². The van der Waals surface area contributed by atoms with E-state index in [2.05, 4.69) is 6.92 Å². The molecule has 0 amide bonds. The lowest BCUT2D eigenvalue weighted by molar-refractivity contribution is -0.185. The molecule has 0 aliphatic carbocycles. The van der Waals surface area contributed by atoms with Crippen LogP contribution in [0.2, 0.25) is 0 Å². The first kappa shape index (κ1) is 38.1. The Labute approximate surface area is 226 Å². The van der Waals surface area contributed by atoms with Crippen molar-refractivity contribution in [2.24, 2.45) is 0 Å². The van der Waals surface area contributed by atoms with E-state index < -0.39 is 35.5 Å². The number of aliphatic carboxylic acids is 2. The average Bonchev–Trinajstić information content (AvgIpc) is 2.88. The Bertz CT molecular complexity index is 637. The lowest BCUT2D eigenvalue weighted by Gasteiger charge is -2.22. The fourth-order valence-corrected chi connectivity index (χ4v) is 3.59. The molecule has 224 valence electrons. The van der Waals surface area contributed by atoms with Gasteiger partial charge in [-0.3, -0.25) is 9.59 Å². The van der Waals surface area contributed by atoms with Crippen LogP contribution in [0.4, 0.5) is 0 Å². The maximum Gasteiger partial charge on any atom is 0.347 e. The van der Waals surface area contributed by atoms with Crippen LogP contribution in [0.3, 0.4) is 0 Å². The second kappa shape index (κ2) is 24.0. The number of carboxylic acid groups (broad SMARTS) is 2. The monoisotopic (exact) mass is 550 g/mol. The maximum atomic E-state index is 11.4. The van der Waals surface area contributed by atoms with Crippen LogP contribution in [-0.2, 0) is 23.9 Å². The lowest BCUT2D eigenvalue weighted by Crippen LogP contribution is -2.58. The molecule has 0 saturated heterocycles. The van der Waals surface area contributed by atoms with Gasteiger partial charge in [-0.1, -0.05) is 96.8 Å². The topological polar surface area (TPSA) is 199 Å². The SMILES string of the molecule is CC(=O)C(O)(C(=O)O)C(O)C(=O)O.CCCCCCCCCCCCCCCCCC(=O)OCC(O)CO. The van der Waals surface area contributed by atoms with Crippen molar-refractivity contribution in [2.45, 2.75) is 134 Å². The van der Waals surface area contributed by atoms with Crippen molar-refractivity contribution in [3.05, 3.63) is 0 Å². The van der Waals surface area contributed by atoms with E-state index in [1.54, 1.807) is 0 Å². The highest BCUT2D eigenvalue weighted by atomic mass is 16.5. The van der Waals surface area contributed by atoms with E-state index in [0.717, 1.165) is 12.8 Å². The van der Waals surface area contributed by atoms with E-state index in [9.17, 15) is 19.2 Å². The highest BCUT2D eigenvalue weighted by molar-refractivity contribution is 6.09. The molecule has 3 unspecified atom stereocenters. The number of unbranched alkanes of at least 4 members (excludes halogenated alkanes) is 14. The number of hydrogen-bond acceptors (Lipinski definition) is 9. The third-order valence-electron chi connectivity index (χ3n) is 6.12. The van der Waals surface area contributed by atoms with Gasteiger partial charge in [-0.2, -0.15) is 0 Å². The molecule has 0 heterocycles. The molecule has 0 aliphatic heterocycles. The zero-order valence-electron chi connectivity index (χ0n) is 23.1. The van der Waals surface area contributed by atoms with Crippen LogP contribution < -0.4 is 0 Å². The highest BCUT2D eigenvalue weighted by Crippen LogP contribution is 2.14. The summed E-state index contributed by atoms with van der Waals surface area (Å²) in [6.45, 7) is 2.46. The van der Waals surface area contributed by atoms with Crippen LogP contribution >= 0.6 is 0 Å². The van der Waals surface area contributed by atoms with Crippen molar-refractivity contribution >= 4 is 23.7 Å². The molecule has 11 heteroatoms. The van der Waals surface area contributed by atoms with Crippen LogP contribution in [0.25, 0.3) is 0 Å². The van der Waals surface area contributed by atoms with Crippen LogP contribution in [0, 0.1) is 0 Å². The minimum absolute atomic E-state index is 0.103. The summed E-state index contributed by atoms with van der Waals surface area (Å²) >= 11 is 0. The summed E-state index contributed by atoms with van der Waals surface area (Å²) in [4.78, 5) is 42.4. The van der Waals surface area contributed by atoms with Gasteiger partial charge in [-0.05, 0) is 13.3 Å². The molecule has 11 nitrogen and oxygen atoms in total. The maximum absolute atomic E-state index is 11.4. The standard InChI is InChI=1S/C21H42O4.C6H8O7/c1-2-3-4-5-6-7-8-9-10-11-12-13-14-15-16-17-21(24)25-19-20(23)18-22;1-2(7)6(13,5(11)12)3(8)4(9)10/h20,22-23H,2-19H2,1H3;3,8,13H,1H3,(H,9,10)(H,11,12). The zero-order chi connectivity index (χ0) is 29.4. The first-order chi connectivity index (χ1) is 17.9. The van der Waals surface area contributed by atoms with Crippen LogP contribution in [0.5, 0.6) is 0 Å². The minimum Gasteiger partial charge on any atom is -0.479 e. The smallest absolute Gasteiger partial charge is 0.347 e. The molecule has 6 N–H and O–H groups in total. The Morgan fingerprint density at radius 1 is 0.737 bits per heavy atom. The largest absolute Gasteiger partial charge is 0.479 e. The van der Waals surface area contributed by atoms with Crippen molar-refractivity contribution in [3.63, 3.8) is 0 Å². The quantitative estimate of drug-likeness (QED) is 0.0621. The molecule has 0 bridgehead atoms. The number of aliphatic hydroxyl groups excluding tert-OH is 3. The van der Waals surface area contributed by atoms with Gasteiger partial charge < -0.3 is 35.4 Å². The summed E-state index contributed by atoms with van der Waals surface area (Å²) in [6.07, 6.45) is 16.4. The molecule has 0 aromatic carbocycles. The van der Waals surface area contributed by atoms with Gasteiger partial charge in [0.15, 0.2) is 11.9 Å². The summed E-state index contributed by atoms with van der Waals surface area (Å²) in [5.74, 6) is -5.72. The normalized spacial score (nSPS) is 13.9. The Morgan fingerprint density at radius 2 is 1.13 bits per heavy atom. The fourth-order valence-electron chi connectivity index (χ4n) is 3.59. The van der Waals surface area contributed by atoms with E-state index in [-0.39, 0.29) is 19.2 Å². The van der Waals surface area contributed by atoms with E-state index in [0.29, 0.717) is 13.3 Å². The van der Waals surface area contributed by atoms with Crippen LogP contribution in [0.15, 0.2) is 0 Å². The molecular weight excluding hydrogens is 500 g/mol. The molecule has 0 spiro atoms. The molecule has 0 radical (unpaired) electrons. The Kier molecular flexibility index (Phi) is 24.0. The van der Waals surface area contributed by atoms with E-state index in [1.165, 1.54) is 83.5 Å². The molecule has 0 saturated carbocycles. The number of aliphatic hydroxyl groups is 4. The lowest BCUT2D eigenvalue weighted by atomic mass is 9.92. The number of ketones is 1. The van der Waals surface area contributed by atoms with Crippen molar-refractivity contribution in [1.82, 2.24) is 0 Å². The van der Waals surface area contributed by atoms with Crippen molar-refractivity contribution in [2.75, 3.05) is 13.2 Å². The molecule has 0 fully saturated rings. The van der Waals surface area contributed by atoms with E-state index >= 15 is 0 Å². The molecule has 3 atom stereocenters. The number of esters is 1. The molecule has 0 aliphatic rings. The van der Waals surface area contributed by atoms with Crippen LogP contribution in [0.1, 0.15) is 117 Å². The van der Waals surface area contributed by atoms with E-state index in [1.807, 2.05) is 0 Å². The first-order valence-electron chi connectivity index (χ1n) is 13.8. The summed E-state index contributed by atoms with van der Waals surface area (Å²) in [6, 6.07) is 0. The summed E-state index contributed by atoms with van der Waals surface area (Å²) < 4.78 is 4.86. The number of carboxylic acids is 2. The molecule has 0 aromatic heterocycles. The Balaban J connectivity index is 0. The van der Waals surface area contributed by atoms with Gasteiger partial charge in [0, 0.05) is 6.42 Å². The zero-order valence-corrected chi connectivity index (χ0v) is 23.1. The van der Waals surface area contributed by atoms with Crippen molar-refractivity contribution in [3.8, 4) is 0 Å². The third-order valence-corrected chi connectivity index (χ3v) is 6.12. The highest BCUT2D eigenvalue weighted by Gasteiger charge is 2.52. The van der Waals surface area contributed by atoms with Gasteiger partial charge >= 0.3 is 17.9 Å². The van der Waals surface area contributed by atoms with Gasteiger partial charge in [0.2, 0.25) is 0 Å². The molecule has 38 heavy (non-hydrogen) atoms. The predicted octanol–water partition coefficient (Wildman–Crippen LogP) is 2.98. The summed E-state index contributed by atoms with van der Waals surface area (Å²) in [5, 5.41) is 52.0. The predicted molar refractivity (Wildman–Crippen MR) is 141 cm³/mol.